The van der Waals surface area contributed by atoms with Gasteiger partial charge in [-0.15, -0.1) is 12.4 Å². The van der Waals surface area contributed by atoms with E-state index in [0.29, 0.717) is 12.3 Å². The molecule has 2 rings (SSSR count). The Balaban J connectivity index is 0.00000220. The maximum absolute atomic E-state index is 12.2. The van der Waals surface area contributed by atoms with Gasteiger partial charge in [0.05, 0.1) is 11.3 Å². The Morgan fingerprint density at radius 2 is 2.10 bits per heavy atom. The van der Waals surface area contributed by atoms with E-state index in [2.05, 4.69) is 5.32 Å². The molecule has 116 valence electrons. The van der Waals surface area contributed by atoms with E-state index in [0.717, 1.165) is 31.6 Å². The summed E-state index contributed by atoms with van der Waals surface area (Å²) in [6, 6.07) is 6.18. The highest BCUT2D eigenvalue weighted by atomic mass is 35.5. The van der Waals surface area contributed by atoms with Crippen LogP contribution in [0, 0.1) is 16.0 Å². The minimum atomic E-state index is -0.436. The molecular weight excluding hydrogens is 294 g/mol. The van der Waals surface area contributed by atoms with E-state index in [4.69, 9.17) is 0 Å². The predicted octanol–water partition coefficient (Wildman–Crippen LogP) is 1.63. The van der Waals surface area contributed by atoms with Crippen LogP contribution in [0.5, 0.6) is 0 Å². The molecule has 1 saturated heterocycles. The van der Waals surface area contributed by atoms with Gasteiger partial charge in [0, 0.05) is 25.2 Å². The Morgan fingerprint density at radius 3 is 2.67 bits per heavy atom. The Labute approximate surface area is 130 Å². The molecule has 7 heteroatoms. The van der Waals surface area contributed by atoms with E-state index in [9.17, 15) is 14.9 Å². The zero-order chi connectivity index (χ0) is 14.5. The molecule has 1 unspecified atom stereocenters. The lowest BCUT2D eigenvalue weighted by Gasteiger charge is -2.16. The second-order valence-corrected chi connectivity index (χ2v) is 5.15. The first-order valence-electron chi connectivity index (χ1n) is 6.76. The number of nitrogens with zero attached hydrogens (tertiary/aromatic N) is 2. The van der Waals surface area contributed by atoms with Gasteiger partial charge < -0.3 is 10.2 Å². The molecule has 6 nitrogen and oxygen atoms in total. The molecule has 1 aromatic rings. The van der Waals surface area contributed by atoms with E-state index in [-0.39, 0.29) is 24.0 Å². The van der Waals surface area contributed by atoms with E-state index in [1.807, 2.05) is 11.9 Å². The van der Waals surface area contributed by atoms with E-state index >= 15 is 0 Å². The van der Waals surface area contributed by atoms with Crippen LogP contribution >= 0.6 is 12.4 Å². The van der Waals surface area contributed by atoms with Gasteiger partial charge >= 0.3 is 0 Å². The summed E-state index contributed by atoms with van der Waals surface area (Å²) in [7, 11) is 1.92. The van der Waals surface area contributed by atoms with Crippen LogP contribution in [0.3, 0.4) is 0 Å². The Bertz CT molecular complexity index is 493. The number of non-ortho nitro benzene ring substituents is 1. The third-order valence-electron chi connectivity index (χ3n) is 3.63. The van der Waals surface area contributed by atoms with Crippen molar-refractivity contribution in [1.82, 2.24) is 10.2 Å². The Kier molecular flexibility index (Phi) is 6.58. The van der Waals surface area contributed by atoms with Crippen LogP contribution in [0.15, 0.2) is 24.3 Å². The summed E-state index contributed by atoms with van der Waals surface area (Å²) in [6.07, 6.45) is 1.34. The van der Waals surface area contributed by atoms with E-state index in [1.165, 1.54) is 12.1 Å². The van der Waals surface area contributed by atoms with Crippen molar-refractivity contribution in [3.8, 4) is 0 Å². The summed E-state index contributed by atoms with van der Waals surface area (Å²) in [6.45, 7) is 2.53. The molecular formula is C14H20ClN3O3. The van der Waals surface area contributed by atoms with Crippen molar-refractivity contribution in [1.29, 1.82) is 0 Å². The fourth-order valence-corrected chi connectivity index (χ4v) is 2.54. The molecule has 1 fully saturated rings. The summed E-state index contributed by atoms with van der Waals surface area (Å²) < 4.78 is 0. The smallest absolute Gasteiger partial charge is 0.269 e. The van der Waals surface area contributed by atoms with Gasteiger partial charge in [0.15, 0.2) is 0 Å². The highest BCUT2D eigenvalue weighted by Gasteiger charge is 2.25. The second-order valence-electron chi connectivity index (χ2n) is 5.15. The predicted molar refractivity (Wildman–Crippen MR) is 82.7 cm³/mol. The summed E-state index contributed by atoms with van der Waals surface area (Å²) in [5.41, 5.74) is 0.870. The van der Waals surface area contributed by atoms with Crippen molar-refractivity contribution >= 4 is 24.0 Å². The van der Waals surface area contributed by atoms with Crippen molar-refractivity contribution in [2.45, 2.75) is 12.8 Å². The first-order chi connectivity index (χ1) is 9.60. The average molecular weight is 314 g/mol. The molecule has 0 aliphatic carbocycles. The summed E-state index contributed by atoms with van der Waals surface area (Å²) in [5.74, 6) is 0.623. The lowest BCUT2D eigenvalue weighted by Crippen LogP contribution is -2.31. The number of amides is 1. The van der Waals surface area contributed by atoms with Gasteiger partial charge in [-0.1, -0.05) is 12.1 Å². The molecule has 0 aromatic heterocycles. The number of hydrogen-bond donors (Lipinski definition) is 1. The minimum absolute atomic E-state index is 0. The molecule has 1 atom stereocenters. The molecule has 1 heterocycles. The van der Waals surface area contributed by atoms with Crippen LogP contribution in [0.2, 0.25) is 0 Å². The maximum atomic E-state index is 12.2. The monoisotopic (exact) mass is 313 g/mol. The quantitative estimate of drug-likeness (QED) is 0.662. The van der Waals surface area contributed by atoms with Crippen molar-refractivity contribution in [3.63, 3.8) is 0 Å². The summed E-state index contributed by atoms with van der Waals surface area (Å²) in [5, 5.41) is 13.7. The largest absolute Gasteiger partial charge is 0.342 e. The fraction of sp³-hybridized carbons (Fsp3) is 0.500. The Hall–Kier alpha value is -1.66. The fourth-order valence-electron chi connectivity index (χ4n) is 2.54. The molecule has 0 spiro atoms. The summed E-state index contributed by atoms with van der Waals surface area (Å²) in [4.78, 5) is 24.2. The summed E-state index contributed by atoms with van der Waals surface area (Å²) >= 11 is 0. The van der Waals surface area contributed by atoms with Gasteiger partial charge in [0.25, 0.3) is 5.69 Å². The highest BCUT2D eigenvalue weighted by Crippen LogP contribution is 2.18. The number of carbonyl (C=O) groups excluding carboxylic acids is 1. The second kappa shape index (κ2) is 7.95. The minimum Gasteiger partial charge on any atom is -0.342 e. The van der Waals surface area contributed by atoms with Crippen LogP contribution in [0.25, 0.3) is 0 Å². The SMILES string of the molecule is CNCC1CCN(C(=O)Cc2ccc([N+](=O)[O-])cc2)C1.Cl. The van der Waals surface area contributed by atoms with Crippen molar-refractivity contribution < 1.29 is 9.72 Å². The van der Waals surface area contributed by atoms with Gasteiger partial charge in [-0.2, -0.15) is 0 Å². The third-order valence-corrected chi connectivity index (χ3v) is 3.63. The first kappa shape index (κ1) is 17.4. The lowest BCUT2D eigenvalue weighted by molar-refractivity contribution is -0.384. The number of carbonyl (C=O) groups is 1. The molecule has 0 bridgehead atoms. The molecule has 0 radical (unpaired) electrons. The van der Waals surface area contributed by atoms with Crippen LogP contribution in [-0.4, -0.2) is 42.4 Å². The van der Waals surface area contributed by atoms with E-state index in [1.54, 1.807) is 12.1 Å². The van der Waals surface area contributed by atoms with Crippen molar-refractivity contribution in [2.75, 3.05) is 26.7 Å². The van der Waals surface area contributed by atoms with Crippen LogP contribution in [0.1, 0.15) is 12.0 Å². The van der Waals surface area contributed by atoms with Gasteiger partial charge in [-0.05, 0) is 31.5 Å². The number of nitrogens with one attached hydrogen (secondary N) is 1. The highest BCUT2D eigenvalue weighted by molar-refractivity contribution is 5.85. The molecule has 1 N–H and O–H groups in total. The van der Waals surface area contributed by atoms with Gasteiger partial charge in [0.2, 0.25) is 5.91 Å². The number of nitro benzene ring substituents is 1. The van der Waals surface area contributed by atoms with Gasteiger partial charge in [0.1, 0.15) is 0 Å². The molecule has 1 aromatic carbocycles. The topological polar surface area (TPSA) is 75.5 Å². The van der Waals surface area contributed by atoms with Crippen molar-refractivity contribution in [3.05, 3.63) is 39.9 Å². The Morgan fingerprint density at radius 1 is 1.43 bits per heavy atom. The normalized spacial score (nSPS) is 17.4. The molecule has 1 aliphatic rings. The molecule has 1 aliphatic heterocycles. The lowest BCUT2D eigenvalue weighted by atomic mass is 10.1. The van der Waals surface area contributed by atoms with Crippen LogP contribution in [-0.2, 0) is 11.2 Å². The maximum Gasteiger partial charge on any atom is 0.269 e. The standard InChI is InChI=1S/C14H19N3O3.ClH/c1-15-9-12-6-7-16(10-12)14(18)8-11-2-4-13(5-3-11)17(19)20;/h2-5,12,15H,6-10H2,1H3;1H. The van der Waals surface area contributed by atoms with E-state index < -0.39 is 4.92 Å². The zero-order valence-corrected chi connectivity index (χ0v) is 12.8. The number of likely N-dealkylation sites (tertiary alicyclic amines) is 1. The zero-order valence-electron chi connectivity index (χ0n) is 11.9. The molecule has 21 heavy (non-hydrogen) atoms. The third kappa shape index (κ3) is 4.68. The number of nitro groups is 1. The van der Waals surface area contributed by atoms with Crippen LogP contribution < -0.4 is 5.32 Å². The number of halogens is 1. The number of rotatable bonds is 5. The number of hydrogen-bond acceptors (Lipinski definition) is 4. The number of benzene rings is 1. The average Bonchev–Trinajstić information content (AvgIpc) is 2.88. The van der Waals surface area contributed by atoms with Crippen LogP contribution in [0.4, 0.5) is 5.69 Å². The first-order valence-corrected chi connectivity index (χ1v) is 6.76. The van der Waals surface area contributed by atoms with Crippen molar-refractivity contribution in [2.24, 2.45) is 5.92 Å². The molecule has 1 amide bonds. The molecule has 0 saturated carbocycles. The van der Waals surface area contributed by atoms with Gasteiger partial charge in [-0.25, -0.2) is 0 Å². The van der Waals surface area contributed by atoms with Gasteiger partial charge in [-0.3, -0.25) is 14.9 Å².